The molecule has 3 aliphatic rings. The van der Waals surface area contributed by atoms with Crippen molar-refractivity contribution < 1.29 is 9.90 Å². The van der Waals surface area contributed by atoms with Crippen LogP contribution in [-0.2, 0) is 4.79 Å². The van der Waals surface area contributed by atoms with Crippen molar-refractivity contribution in [2.24, 2.45) is 35.5 Å². The van der Waals surface area contributed by atoms with Crippen LogP contribution in [0.5, 0.6) is 0 Å². The minimum Gasteiger partial charge on any atom is -0.392 e. The topological polar surface area (TPSA) is 37.3 Å². The van der Waals surface area contributed by atoms with Crippen LogP contribution in [0.4, 0.5) is 0 Å². The van der Waals surface area contributed by atoms with E-state index in [0.29, 0.717) is 41.3 Å². The van der Waals surface area contributed by atoms with Crippen LogP contribution in [0.15, 0.2) is 23.8 Å². The zero-order valence-corrected chi connectivity index (χ0v) is 14.9. The van der Waals surface area contributed by atoms with Crippen LogP contribution in [-0.4, -0.2) is 17.0 Å². The maximum absolute atomic E-state index is 11.9. The van der Waals surface area contributed by atoms with Crippen molar-refractivity contribution in [1.82, 2.24) is 0 Å². The molecule has 0 aliphatic heterocycles. The second-order valence-corrected chi connectivity index (χ2v) is 8.59. The molecule has 1 N–H and O–H groups in total. The van der Waals surface area contributed by atoms with E-state index in [0.717, 1.165) is 32.1 Å². The number of hydrogen-bond acceptors (Lipinski definition) is 2. The van der Waals surface area contributed by atoms with Crippen molar-refractivity contribution >= 4 is 5.78 Å². The van der Waals surface area contributed by atoms with Gasteiger partial charge in [-0.2, -0.15) is 0 Å². The van der Waals surface area contributed by atoms with Gasteiger partial charge in [0.2, 0.25) is 0 Å². The first-order valence-corrected chi connectivity index (χ1v) is 9.53. The maximum atomic E-state index is 11.9. The maximum Gasteiger partial charge on any atom is 0.133 e. The van der Waals surface area contributed by atoms with E-state index in [4.69, 9.17) is 0 Å². The lowest BCUT2D eigenvalue weighted by atomic mass is 9.64. The van der Waals surface area contributed by atoms with Gasteiger partial charge in [0.15, 0.2) is 0 Å². The first-order valence-electron chi connectivity index (χ1n) is 9.53. The standard InChI is InChI=1S/C21H32O2/c1-13-8-16(12-18(22)10-13)5-7-19-15(3)4-6-17-9-14(2)11-20(23)21(17)19/h4,6,9,13-16,19-21,23H,5,7-8,10-12H2,1-3H3. The molecule has 3 aliphatic carbocycles. The van der Waals surface area contributed by atoms with Crippen molar-refractivity contribution in [3.05, 3.63) is 23.8 Å². The minimum atomic E-state index is -0.200. The summed E-state index contributed by atoms with van der Waals surface area (Å²) in [5, 5.41) is 10.7. The van der Waals surface area contributed by atoms with E-state index in [9.17, 15) is 9.90 Å². The van der Waals surface area contributed by atoms with Gasteiger partial charge < -0.3 is 5.11 Å². The van der Waals surface area contributed by atoms with Gasteiger partial charge >= 0.3 is 0 Å². The average Bonchev–Trinajstić information content (AvgIpc) is 2.45. The third kappa shape index (κ3) is 3.79. The summed E-state index contributed by atoms with van der Waals surface area (Å²) in [6.07, 6.45) is 12.7. The van der Waals surface area contributed by atoms with E-state index in [1.807, 2.05) is 0 Å². The van der Waals surface area contributed by atoms with Crippen LogP contribution in [0.2, 0.25) is 0 Å². The largest absolute Gasteiger partial charge is 0.392 e. The number of fused-ring (bicyclic) bond motifs is 1. The van der Waals surface area contributed by atoms with Crippen molar-refractivity contribution in [3.63, 3.8) is 0 Å². The van der Waals surface area contributed by atoms with Crippen LogP contribution in [0.3, 0.4) is 0 Å². The Morgan fingerprint density at radius 2 is 1.91 bits per heavy atom. The van der Waals surface area contributed by atoms with Gasteiger partial charge in [-0.15, -0.1) is 0 Å². The molecule has 3 rings (SSSR count). The molecular weight excluding hydrogens is 284 g/mol. The Bertz CT molecular complexity index is 504. The Labute approximate surface area is 141 Å². The molecule has 7 atom stereocenters. The SMILES string of the molecule is CC1C=C2C=CC(C)C(CCC3CC(=O)CC(C)C3)C2C(O)C1. The van der Waals surface area contributed by atoms with Crippen molar-refractivity contribution in [1.29, 1.82) is 0 Å². The Morgan fingerprint density at radius 3 is 2.65 bits per heavy atom. The van der Waals surface area contributed by atoms with E-state index >= 15 is 0 Å². The number of Topliss-reactive ketones (excluding diaryl/α,β-unsaturated/α-hetero) is 1. The molecule has 0 aromatic carbocycles. The number of carbonyl (C=O) groups is 1. The highest BCUT2D eigenvalue weighted by atomic mass is 16.3. The van der Waals surface area contributed by atoms with Crippen LogP contribution in [0, 0.1) is 35.5 Å². The molecule has 0 aromatic heterocycles. The monoisotopic (exact) mass is 316 g/mol. The summed E-state index contributed by atoms with van der Waals surface area (Å²) < 4.78 is 0. The first-order chi connectivity index (χ1) is 10.9. The fourth-order valence-electron chi connectivity index (χ4n) is 5.31. The lowest BCUT2D eigenvalue weighted by Crippen LogP contribution is -2.38. The zero-order valence-electron chi connectivity index (χ0n) is 14.9. The Morgan fingerprint density at radius 1 is 1.13 bits per heavy atom. The number of ketones is 1. The predicted octanol–water partition coefficient (Wildman–Crippen LogP) is 4.54. The second-order valence-electron chi connectivity index (χ2n) is 8.59. The fraction of sp³-hybridized carbons (Fsp3) is 0.762. The molecule has 23 heavy (non-hydrogen) atoms. The van der Waals surface area contributed by atoms with Crippen molar-refractivity contribution in [2.45, 2.75) is 65.4 Å². The van der Waals surface area contributed by atoms with Gasteiger partial charge in [0.05, 0.1) is 6.10 Å². The molecule has 0 aromatic rings. The lowest BCUT2D eigenvalue weighted by Gasteiger charge is -2.42. The third-order valence-corrected chi connectivity index (χ3v) is 6.35. The molecule has 128 valence electrons. The van der Waals surface area contributed by atoms with Gasteiger partial charge in [0, 0.05) is 18.8 Å². The highest BCUT2D eigenvalue weighted by Crippen LogP contribution is 2.44. The summed E-state index contributed by atoms with van der Waals surface area (Å²) in [6, 6.07) is 0. The number of hydrogen-bond donors (Lipinski definition) is 1. The molecular formula is C21H32O2. The highest BCUT2D eigenvalue weighted by molar-refractivity contribution is 5.79. The summed E-state index contributed by atoms with van der Waals surface area (Å²) in [6.45, 7) is 6.70. The van der Waals surface area contributed by atoms with Gasteiger partial charge in [0.25, 0.3) is 0 Å². The number of carbonyl (C=O) groups excluding carboxylic acids is 1. The van der Waals surface area contributed by atoms with Gasteiger partial charge in [-0.1, -0.05) is 39.0 Å². The van der Waals surface area contributed by atoms with Crippen LogP contribution >= 0.6 is 0 Å². The summed E-state index contributed by atoms with van der Waals surface area (Å²) in [4.78, 5) is 11.9. The molecule has 7 unspecified atom stereocenters. The molecule has 0 saturated heterocycles. The molecule has 0 heterocycles. The van der Waals surface area contributed by atoms with Gasteiger partial charge in [-0.05, 0) is 60.8 Å². The van der Waals surface area contributed by atoms with E-state index in [1.54, 1.807) is 0 Å². The predicted molar refractivity (Wildman–Crippen MR) is 93.9 cm³/mol. The normalized spacial score (nSPS) is 43.9. The summed E-state index contributed by atoms with van der Waals surface area (Å²) in [5.74, 6) is 3.42. The Balaban J connectivity index is 1.67. The Hall–Kier alpha value is -0.890. The highest BCUT2D eigenvalue weighted by Gasteiger charge is 2.39. The Kier molecular flexibility index (Phi) is 5.10. The summed E-state index contributed by atoms with van der Waals surface area (Å²) >= 11 is 0. The lowest BCUT2D eigenvalue weighted by molar-refractivity contribution is -0.122. The average molecular weight is 316 g/mol. The first kappa shape index (κ1) is 17.0. The van der Waals surface area contributed by atoms with E-state index in [1.165, 1.54) is 12.0 Å². The van der Waals surface area contributed by atoms with Gasteiger partial charge in [0.1, 0.15) is 5.78 Å². The van der Waals surface area contributed by atoms with Crippen LogP contribution < -0.4 is 0 Å². The summed E-state index contributed by atoms with van der Waals surface area (Å²) in [7, 11) is 0. The number of aliphatic hydroxyl groups excluding tert-OH is 1. The molecule has 2 nitrogen and oxygen atoms in total. The smallest absolute Gasteiger partial charge is 0.133 e. The van der Waals surface area contributed by atoms with Gasteiger partial charge in [-0.25, -0.2) is 0 Å². The van der Waals surface area contributed by atoms with Gasteiger partial charge in [-0.3, -0.25) is 4.79 Å². The minimum absolute atomic E-state index is 0.200. The number of aliphatic hydroxyl groups is 1. The fourth-order valence-corrected chi connectivity index (χ4v) is 5.31. The van der Waals surface area contributed by atoms with Crippen LogP contribution in [0.1, 0.15) is 59.3 Å². The number of rotatable bonds is 3. The second kappa shape index (κ2) is 6.93. The van der Waals surface area contributed by atoms with E-state index in [2.05, 4.69) is 39.0 Å². The van der Waals surface area contributed by atoms with Crippen molar-refractivity contribution in [3.8, 4) is 0 Å². The van der Waals surface area contributed by atoms with E-state index in [-0.39, 0.29) is 6.10 Å². The summed E-state index contributed by atoms with van der Waals surface area (Å²) in [5.41, 5.74) is 1.35. The molecule has 1 saturated carbocycles. The number of allylic oxidation sites excluding steroid dienone is 3. The van der Waals surface area contributed by atoms with Crippen molar-refractivity contribution in [2.75, 3.05) is 0 Å². The molecule has 0 spiro atoms. The van der Waals surface area contributed by atoms with E-state index < -0.39 is 0 Å². The quantitative estimate of drug-likeness (QED) is 0.830. The molecule has 0 radical (unpaired) electrons. The molecule has 2 heteroatoms. The molecule has 0 amide bonds. The zero-order chi connectivity index (χ0) is 16.6. The molecule has 1 fully saturated rings. The third-order valence-electron chi connectivity index (χ3n) is 6.35. The molecule has 0 bridgehead atoms. The van der Waals surface area contributed by atoms with Crippen LogP contribution in [0.25, 0.3) is 0 Å².